The maximum absolute atomic E-state index is 12.3. The van der Waals surface area contributed by atoms with Crippen molar-refractivity contribution in [1.29, 1.82) is 0 Å². The van der Waals surface area contributed by atoms with E-state index >= 15 is 0 Å². The predicted molar refractivity (Wildman–Crippen MR) is 72.4 cm³/mol. The van der Waals surface area contributed by atoms with Crippen molar-refractivity contribution < 1.29 is 14.3 Å². The molecule has 1 aliphatic heterocycles. The third kappa shape index (κ3) is 3.81. The Balaban J connectivity index is 1.99. The molecule has 0 spiro atoms. The average molecular weight is 261 g/mol. The molecule has 0 unspecified atom stereocenters. The summed E-state index contributed by atoms with van der Waals surface area (Å²) >= 11 is 0. The quantitative estimate of drug-likeness (QED) is 0.781. The van der Waals surface area contributed by atoms with Gasteiger partial charge in [0.1, 0.15) is 12.4 Å². The van der Waals surface area contributed by atoms with E-state index in [2.05, 4.69) is 0 Å². The molecule has 0 atom stereocenters. The molecule has 0 aliphatic carbocycles. The molecular formula is C15H19NO3. The molecule has 0 radical (unpaired) electrons. The van der Waals surface area contributed by atoms with E-state index in [4.69, 9.17) is 4.74 Å². The first-order chi connectivity index (χ1) is 9.31. The number of likely N-dealkylation sites (tertiary alicyclic amines) is 1. The van der Waals surface area contributed by atoms with Gasteiger partial charge in [0, 0.05) is 18.7 Å². The molecule has 1 amide bonds. The maximum atomic E-state index is 12.3. The Hall–Kier alpha value is -1.84. The van der Waals surface area contributed by atoms with Gasteiger partial charge in [-0.3, -0.25) is 9.59 Å². The normalized spacial score (nSPS) is 15.7. The molecule has 4 heteroatoms. The summed E-state index contributed by atoms with van der Waals surface area (Å²) in [4.78, 5) is 24.4. The summed E-state index contributed by atoms with van der Waals surface area (Å²) in [6.07, 6.45) is 5.30. The summed E-state index contributed by atoms with van der Waals surface area (Å²) in [6, 6.07) is 6.98. The molecule has 4 nitrogen and oxygen atoms in total. The van der Waals surface area contributed by atoms with E-state index in [-0.39, 0.29) is 12.5 Å². The van der Waals surface area contributed by atoms with Crippen LogP contribution < -0.4 is 4.74 Å². The van der Waals surface area contributed by atoms with Gasteiger partial charge in [0.05, 0.1) is 0 Å². The predicted octanol–water partition coefficient (Wildman–Crippen LogP) is 2.28. The molecule has 1 aliphatic rings. The van der Waals surface area contributed by atoms with Crippen LogP contribution in [0.5, 0.6) is 5.75 Å². The van der Waals surface area contributed by atoms with E-state index in [9.17, 15) is 9.59 Å². The number of hydrogen-bond donors (Lipinski definition) is 0. The van der Waals surface area contributed by atoms with Crippen LogP contribution >= 0.6 is 0 Å². The summed E-state index contributed by atoms with van der Waals surface area (Å²) in [5.41, 5.74) is 0.681. The van der Waals surface area contributed by atoms with E-state index in [1.54, 1.807) is 24.3 Å². The van der Waals surface area contributed by atoms with Crippen LogP contribution in [0.15, 0.2) is 24.3 Å². The van der Waals surface area contributed by atoms with Gasteiger partial charge in [0.2, 0.25) is 0 Å². The van der Waals surface area contributed by atoms with E-state index in [1.807, 2.05) is 4.90 Å². The van der Waals surface area contributed by atoms with Gasteiger partial charge in [0.25, 0.3) is 5.91 Å². The fourth-order valence-electron chi connectivity index (χ4n) is 2.28. The zero-order valence-electron chi connectivity index (χ0n) is 11.0. The van der Waals surface area contributed by atoms with Crippen molar-refractivity contribution >= 4 is 12.2 Å². The molecule has 0 bridgehead atoms. The highest BCUT2D eigenvalue weighted by atomic mass is 16.5. The first-order valence-electron chi connectivity index (χ1n) is 6.77. The summed E-state index contributed by atoms with van der Waals surface area (Å²) in [7, 11) is 0. The molecule has 1 saturated heterocycles. The molecule has 19 heavy (non-hydrogen) atoms. The van der Waals surface area contributed by atoms with Crippen LogP contribution in [0, 0.1) is 0 Å². The Morgan fingerprint density at radius 3 is 2.32 bits per heavy atom. The molecule has 2 rings (SSSR count). The standard InChI is InChI=1S/C15H19NO3/c17-11-12-19-14-7-5-13(6-8-14)15(18)16-9-3-1-2-4-10-16/h5-8,11H,1-4,9-10,12H2. The van der Waals surface area contributed by atoms with Crippen LogP contribution in [0.2, 0.25) is 0 Å². The van der Waals surface area contributed by atoms with Gasteiger partial charge in [-0.2, -0.15) is 0 Å². The lowest BCUT2D eigenvalue weighted by molar-refractivity contribution is -0.109. The monoisotopic (exact) mass is 261 g/mol. The van der Waals surface area contributed by atoms with Crippen molar-refractivity contribution in [3.05, 3.63) is 29.8 Å². The number of ether oxygens (including phenoxy) is 1. The Kier molecular flexibility index (Phi) is 4.95. The second kappa shape index (κ2) is 6.92. The zero-order chi connectivity index (χ0) is 13.5. The summed E-state index contributed by atoms with van der Waals surface area (Å²) in [5, 5.41) is 0. The van der Waals surface area contributed by atoms with E-state index in [0.717, 1.165) is 25.9 Å². The van der Waals surface area contributed by atoms with E-state index < -0.39 is 0 Å². The number of aldehydes is 1. The molecule has 1 aromatic rings. The third-order valence-electron chi connectivity index (χ3n) is 3.31. The van der Waals surface area contributed by atoms with Crippen molar-refractivity contribution in [3.63, 3.8) is 0 Å². The second-order valence-corrected chi connectivity index (χ2v) is 4.71. The fraction of sp³-hybridized carbons (Fsp3) is 0.467. The Labute approximate surface area is 113 Å². The van der Waals surface area contributed by atoms with Crippen molar-refractivity contribution in [1.82, 2.24) is 4.90 Å². The number of nitrogens with zero attached hydrogens (tertiary/aromatic N) is 1. The summed E-state index contributed by atoms with van der Waals surface area (Å²) in [6.45, 7) is 1.74. The Bertz CT molecular complexity index is 420. The third-order valence-corrected chi connectivity index (χ3v) is 3.31. The van der Waals surface area contributed by atoms with Gasteiger partial charge in [-0.05, 0) is 37.1 Å². The largest absolute Gasteiger partial charge is 0.486 e. The van der Waals surface area contributed by atoms with Gasteiger partial charge in [0.15, 0.2) is 6.29 Å². The van der Waals surface area contributed by atoms with Gasteiger partial charge >= 0.3 is 0 Å². The SMILES string of the molecule is O=CCOc1ccc(C(=O)N2CCCCCC2)cc1. The van der Waals surface area contributed by atoms with Crippen LogP contribution in [-0.4, -0.2) is 36.8 Å². The Morgan fingerprint density at radius 1 is 1.11 bits per heavy atom. The van der Waals surface area contributed by atoms with Crippen molar-refractivity contribution in [3.8, 4) is 5.75 Å². The summed E-state index contributed by atoms with van der Waals surface area (Å²) < 4.78 is 5.16. The van der Waals surface area contributed by atoms with Crippen LogP contribution in [0.4, 0.5) is 0 Å². The highest BCUT2D eigenvalue weighted by molar-refractivity contribution is 5.94. The molecule has 0 aromatic heterocycles. The molecule has 1 heterocycles. The molecule has 1 fully saturated rings. The highest BCUT2D eigenvalue weighted by Crippen LogP contribution is 2.16. The molecule has 0 N–H and O–H groups in total. The van der Waals surface area contributed by atoms with Gasteiger partial charge in [-0.15, -0.1) is 0 Å². The number of hydrogen-bond acceptors (Lipinski definition) is 3. The van der Waals surface area contributed by atoms with Gasteiger partial charge in [-0.25, -0.2) is 0 Å². The number of carbonyl (C=O) groups is 2. The molecule has 0 saturated carbocycles. The van der Waals surface area contributed by atoms with Crippen molar-refractivity contribution in [2.75, 3.05) is 19.7 Å². The Morgan fingerprint density at radius 2 is 1.74 bits per heavy atom. The lowest BCUT2D eigenvalue weighted by atomic mass is 10.2. The van der Waals surface area contributed by atoms with Crippen LogP contribution in [0.3, 0.4) is 0 Å². The topological polar surface area (TPSA) is 46.6 Å². The fourth-order valence-corrected chi connectivity index (χ4v) is 2.28. The van der Waals surface area contributed by atoms with Gasteiger partial charge in [-0.1, -0.05) is 12.8 Å². The lowest BCUT2D eigenvalue weighted by Crippen LogP contribution is -2.31. The smallest absolute Gasteiger partial charge is 0.253 e. The van der Waals surface area contributed by atoms with E-state index in [0.29, 0.717) is 17.6 Å². The number of rotatable bonds is 4. The van der Waals surface area contributed by atoms with Crippen LogP contribution in [-0.2, 0) is 4.79 Å². The van der Waals surface area contributed by atoms with E-state index in [1.165, 1.54) is 12.8 Å². The van der Waals surface area contributed by atoms with Crippen molar-refractivity contribution in [2.24, 2.45) is 0 Å². The first kappa shape index (κ1) is 13.6. The minimum absolute atomic E-state index is 0.0411. The second-order valence-electron chi connectivity index (χ2n) is 4.71. The summed E-state index contributed by atoms with van der Waals surface area (Å²) in [5.74, 6) is 0.698. The minimum atomic E-state index is 0.0411. The zero-order valence-corrected chi connectivity index (χ0v) is 11.0. The average Bonchev–Trinajstić information content (AvgIpc) is 2.74. The van der Waals surface area contributed by atoms with Crippen molar-refractivity contribution in [2.45, 2.75) is 25.7 Å². The number of amides is 1. The first-order valence-corrected chi connectivity index (χ1v) is 6.77. The maximum Gasteiger partial charge on any atom is 0.253 e. The highest BCUT2D eigenvalue weighted by Gasteiger charge is 2.16. The molecule has 1 aromatic carbocycles. The number of benzene rings is 1. The molecular weight excluding hydrogens is 242 g/mol. The van der Waals surface area contributed by atoms with Crippen LogP contribution in [0.25, 0.3) is 0 Å². The van der Waals surface area contributed by atoms with Gasteiger partial charge < -0.3 is 9.64 Å². The lowest BCUT2D eigenvalue weighted by Gasteiger charge is -2.20. The number of carbonyl (C=O) groups excluding carboxylic acids is 2. The van der Waals surface area contributed by atoms with Crippen LogP contribution in [0.1, 0.15) is 36.0 Å². The molecule has 102 valence electrons. The minimum Gasteiger partial charge on any atom is -0.486 e.